The molecular formula is C16H22N2O2. The van der Waals surface area contributed by atoms with Crippen molar-refractivity contribution in [3.05, 3.63) is 24.3 Å². The number of ether oxygens (including phenoxy) is 1. The van der Waals surface area contributed by atoms with Gasteiger partial charge >= 0.3 is 0 Å². The minimum Gasteiger partial charge on any atom is -0.382 e. The molecule has 1 heterocycles. The largest absolute Gasteiger partial charge is 0.382 e. The second-order valence-electron chi connectivity index (χ2n) is 5.90. The Morgan fingerprint density at radius 2 is 2.10 bits per heavy atom. The minimum atomic E-state index is 0.152. The SMILES string of the molecule is CC(Nc1cccc(NC(=O)C2CC2)c1)C1CCOC1. The molecule has 1 saturated heterocycles. The van der Waals surface area contributed by atoms with Crippen LogP contribution in [-0.2, 0) is 9.53 Å². The van der Waals surface area contributed by atoms with Crippen LogP contribution in [0.15, 0.2) is 24.3 Å². The molecule has 1 saturated carbocycles. The summed E-state index contributed by atoms with van der Waals surface area (Å²) in [4.78, 5) is 11.8. The highest BCUT2D eigenvalue weighted by Crippen LogP contribution is 2.30. The zero-order valence-corrected chi connectivity index (χ0v) is 11.9. The first-order chi connectivity index (χ1) is 9.72. The van der Waals surface area contributed by atoms with Gasteiger partial charge in [-0.05, 0) is 44.4 Å². The average Bonchev–Trinajstić information content (AvgIpc) is 3.14. The molecule has 1 aromatic carbocycles. The molecule has 108 valence electrons. The molecule has 2 N–H and O–H groups in total. The number of rotatable bonds is 5. The summed E-state index contributed by atoms with van der Waals surface area (Å²) in [5, 5.41) is 6.49. The van der Waals surface area contributed by atoms with Gasteiger partial charge in [-0.3, -0.25) is 4.79 Å². The summed E-state index contributed by atoms with van der Waals surface area (Å²) in [7, 11) is 0. The van der Waals surface area contributed by atoms with Gasteiger partial charge in [-0.15, -0.1) is 0 Å². The van der Waals surface area contributed by atoms with Gasteiger partial charge in [0, 0.05) is 35.9 Å². The van der Waals surface area contributed by atoms with Gasteiger partial charge in [-0.25, -0.2) is 0 Å². The lowest BCUT2D eigenvalue weighted by Crippen LogP contribution is -2.26. The van der Waals surface area contributed by atoms with Gasteiger partial charge in [0.15, 0.2) is 0 Å². The summed E-state index contributed by atoms with van der Waals surface area (Å²) in [6, 6.07) is 8.34. The van der Waals surface area contributed by atoms with E-state index >= 15 is 0 Å². The highest BCUT2D eigenvalue weighted by molar-refractivity contribution is 5.94. The fraction of sp³-hybridized carbons (Fsp3) is 0.562. The van der Waals surface area contributed by atoms with Gasteiger partial charge in [0.05, 0.1) is 6.61 Å². The topological polar surface area (TPSA) is 50.4 Å². The Morgan fingerprint density at radius 3 is 2.80 bits per heavy atom. The van der Waals surface area contributed by atoms with Gasteiger partial charge in [0.25, 0.3) is 0 Å². The molecule has 2 fully saturated rings. The van der Waals surface area contributed by atoms with Crippen LogP contribution in [-0.4, -0.2) is 25.2 Å². The molecule has 2 unspecified atom stereocenters. The first-order valence-corrected chi connectivity index (χ1v) is 7.47. The maximum Gasteiger partial charge on any atom is 0.227 e. The van der Waals surface area contributed by atoms with Crippen molar-refractivity contribution >= 4 is 17.3 Å². The lowest BCUT2D eigenvalue weighted by Gasteiger charge is -2.21. The molecule has 2 atom stereocenters. The molecule has 1 aliphatic carbocycles. The first kappa shape index (κ1) is 13.4. The molecule has 1 aliphatic heterocycles. The normalized spacial score (nSPS) is 23.4. The Balaban J connectivity index is 1.59. The number of hydrogen-bond acceptors (Lipinski definition) is 3. The van der Waals surface area contributed by atoms with Crippen LogP contribution in [0.1, 0.15) is 26.2 Å². The van der Waals surface area contributed by atoms with Crippen molar-refractivity contribution in [1.82, 2.24) is 0 Å². The molecular weight excluding hydrogens is 252 g/mol. The zero-order chi connectivity index (χ0) is 13.9. The summed E-state index contributed by atoms with van der Waals surface area (Å²) in [6.45, 7) is 3.90. The third-order valence-corrected chi connectivity index (χ3v) is 4.14. The Morgan fingerprint density at radius 1 is 1.30 bits per heavy atom. The van der Waals surface area contributed by atoms with E-state index in [2.05, 4.69) is 17.6 Å². The minimum absolute atomic E-state index is 0.152. The standard InChI is InChI=1S/C16H22N2O2/c1-11(13-7-8-20-10-13)17-14-3-2-4-15(9-14)18-16(19)12-5-6-12/h2-4,9,11-13,17H,5-8,10H2,1H3,(H,18,19). The van der Waals surface area contributed by atoms with Crippen LogP contribution in [0, 0.1) is 11.8 Å². The third kappa shape index (κ3) is 3.31. The van der Waals surface area contributed by atoms with Crippen molar-refractivity contribution in [2.45, 2.75) is 32.2 Å². The van der Waals surface area contributed by atoms with E-state index in [0.29, 0.717) is 12.0 Å². The smallest absolute Gasteiger partial charge is 0.227 e. The van der Waals surface area contributed by atoms with E-state index in [1.807, 2.05) is 24.3 Å². The monoisotopic (exact) mass is 274 g/mol. The second kappa shape index (κ2) is 5.83. The molecule has 1 aromatic rings. The fourth-order valence-electron chi connectivity index (χ4n) is 2.60. The van der Waals surface area contributed by atoms with Gasteiger partial charge in [0.2, 0.25) is 5.91 Å². The molecule has 20 heavy (non-hydrogen) atoms. The zero-order valence-electron chi connectivity index (χ0n) is 11.9. The number of benzene rings is 1. The summed E-state index contributed by atoms with van der Waals surface area (Å²) < 4.78 is 5.43. The molecule has 0 radical (unpaired) electrons. The number of hydrogen-bond donors (Lipinski definition) is 2. The predicted octanol–water partition coefficient (Wildman–Crippen LogP) is 2.87. The number of nitrogens with one attached hydrogen (secondary N) is 2. The summed E-state index contributed by atoms with van der Waals surface area (Å²) in [6.07, 6.45) is 3.18. The van der Waals surface area contributed by atoms with Crippen LogP contribution < -0.4 is 10.6 Å². The van der Waals surface area contributed by atoms with Gasteiger partial charge in [-0.2, -0.15) is 0 Å². The first-order valence-electron chi connectivity index (χ1n) is 7.47. The van der Waals surface area contributed by atoms with E-state index in [0.717, 1.165) is 43.9 Å². The second-order valence-corrected chi connectivity index (χ2v) is 5.90. The molecule has 1 amide bonds. The third-order valence-electron chi connectivity index (χ3n) is 4.14. The quantitative estimate of drug-likeness (QED) is 0.868. The van der Waals surface area contributed by atoms with Crippen LogP contribution in [0.3, 0.4) is 0 Å². The molecule has 4 nitrogen and oxygen atoms in total. The maximum atomic E-state index is 11.8. The van der Waals surface area contributed by atoms with E-state index < -0.39 is 0 Å². The van der Waals surface area contributed by atoms with Crippen LogP contribution in [0.2, 0.25) is 0 Å². The van der Waals surface area contributed by atoms with E-state index in [1.54, 1.807) is 0 Å². The van der Waals surface area contributed by atoms with Crippen LogP contribution >= 0.6 is 0 Å². The van der Waals surface area contributed by atoms with Crippen molar-refractivity contribution in [2.75, 3.05) is 23.8 Å². The number of carbonyl (C=O) groups is 1. The summed E-state index contributed by atoms with van der Waals surface area (Å²) in [5.41, 5.74) is 1.93. The van der Waals surface area contributed by atoms with Crippen molar-refractivity contribution in [1.29, 1.82) is 0 Å². The van der Waals surface area contributed by atoms with Gasteiger partial charge < -0.3 is 15.4 Å². The maximum absolute atomic E-state index is 11.8. The van der Waals surface area contributed by atoms with Crippen molar-refractivity contribution in [3.8, 4) is 0 Å². The average molecular weight is 274 g/mol. The van der Waals surface area contributed by atoms with Crippen molar-refractivity contribution < 1.29 is 9.53 Å². The predicted molar refractivity (Wildman–Crippen MR) is 79.8 cm³/mol. The highest BCUT2D eigenvalue weighted by atomic mass is 16.5. The number of anilines is 2. The molecule has 0 aromatic heterocycles. The number of amides is 1. The highest BCUT2D eigenvalue weighted by Gasteiger charge is 2.29. The Labute approximate surface area is 119 Å². The summed E-state index contributed by atoms with van der Waals surface area (Å²) in [5.74, 6) is 0.959. The Bertz CT molecular complexity index is 479. The van der Waals surface area contributed by atoms with E-state index in [1.165, 1.54) is 0 Å². The fourth-order valence-corrected chi connectivity index (χ4v) is 2.60. The van der Waals surface area contributed by atoms with Crippen molar-refractivity contribution in [3.63, 3.8) is 0 Å². The number of carbonyl (C=O) groups excluding carboxylic acids is 1. The van der Waals surface area contributed by atoms with E-state index in [4.69, 9.17) is 4.74 Å². The molecule has 4 heteroatoms. The van der Waals surface area contributed by atoms with E-state index in [-0.39, 0.29) is 11.8 Å². The molecule has 0 bridgehead atoms. The van der Waals surface area contributed by atoms with Crippen LogP contribution in [0.5, 0.6) is 0 Å². The molecule has 2 aliphatic rings. The Hall–Kier alpha value is -1.55. The van der Waals surface area contributed by atoms with Gasteiger partial charge in [-0.1, -0.05) is 6.07 Å². The van der Waals surface area contributed by atoms with Crippen LogP contribution in [0.4, 0.5) is 11.4 Å². The lowest BCUT2D eigenvalue weighted by atomic mass is 10.0. The summed E-state index contributed by atoms with van der Waals surface area (Å²) >= 11 is 0. The van der Waals surface area contributed by atoms with Crippen LogP contribution in [0.25, 0.3) is 0 Å². The molecule has 3 rings (SSSR count). The lowest BCUT2D eigenvalue weighted by molar-refractivity contribution is -0.117. The van der Waals surface area contributed by atoms with Crippen molar-refractivity contribution in [2.24, 2.45) is 11.8 Å². The molecule has 0 spiro atoms. The van der Waals surface area contributed by atoms with Gasteiger partial charge in [0.1, 0.15) is 0 Å². The van der Waals surface area contributed by atoms with E-state index in [9.17, 15) is 4.79 Å². The Kier molecular flexibility index (Phi) is 3.92.